The second-order valence-electron chi connectivity index (χ2n) is 6.56. The van der Waals surface area contributed by atoms with Crippen molar-refractivity contribution < 1.29 is 18.9 Å². The van der Waals surface area contributed by atoms with Crippen LogP contribution in [0.3, 0.4) is 0 Å². The van der Waals surface area contributed by atoms with Gasteiger partial charge in [-0.2, -0.15) is 9.97 Å². The van der Waals surface area contributed by atoms with Crippen LogP contribution in [0.4, 0.5) is 23.3 Å². The number of nitrogens with zero attached hydrogens (tertiary/aromatic N) is 2. The van der Waals surface area contributed by atoms with Crippen molar-refractivity contribution in [3.63, 3.8) is 0 Å². The van der Waals surface area contributed by atoms with Crippen LogP contribution in [0.5, 0.6) is 23.0 Å². The van der Waals surface area contributed by atoms with Gasteiger partial charge in [0.25, 0.3) is 0 Å². The lowest BCUT2D eigenvalue weighted by molar-refractivity contribution is 0.324. The lowest BCUT2D eigenvalue weighted by atomic mass is 10.1. The molecule has 0 saturated heterocycles. The third-order valence-corrected chi connectivity index (χ3v) is 4.56. The molecule has 0 radical (unpaired) electrons. The van der Waals surface area contributed by atoms with Gasteiger partial charge in [-0.25, -0.2) is 0 Å². The Morgan fingerprint density at radius 1 is 0.806 bits per heavy atom. The molecule has 0 bridgehead atoms. The molecule has 0 aliphatic rings. The molecule has 4 N–H and O–H groups in total. The molecule has 3 rings (SSSR count). The first-order valence-corrected chi connectivity index (χ1v) is 9.64. The normalized spacial score (nSPS) is 10.3. The van der Waals surface area contributed by atoms with Crippen molar-refractivity contribution in [2.24, 2.45) is 0 Å². The third kappa shape index (κ3) is 5.59. The molecule has 0 unspecified atom stereocenters. The highest BCUT2D eigenvalue weighted by molar-refractivity contribution is 5.68. The van der Waals surface area contributed by atoms with Crippen molar-refractivity contribution in [1.29, 1.82) is 0 Å². The summed E-state index contributed by atoms with van der Waals surface area (Å²) >= 11 is 0. The number of rotatable bonds is 10. The van der Waals surface area contributed by atoms with Gasteiger partial charge in [0.1, 0.15) is 17.4 Å². The zero-order chi connectivity index (χ0) is 22.2. The van der Waals surface area contributed by atoms with Gasteiger partial charge in [-0.3, -0.25) is 0 Å². The van der Waals surface area contributed by atoms with E-state index in [1.807, 2.05) is 24.3 Å². The van der Waals surface area contributed by atoms with E-state index in [1.165, 1.54) is 5.56 Å². The van der Waals surface area contributed by atoms with Gasteiger partial charge in [0, 0.05) is 30.4 Å². The van der Waals surface area contributed by atoms with Gasteiger partial charge in [0.15, 0.2) is 11.5 Å². The molecule has 0 atom stereocenters. The number of benzene rings is 2. The molecular formula is C22H27N5O4. The number of anilines is 4. The van der Waals surface area contributed by atoms with Crippen molar-refractivity contribution in [1.82, 2.24) is 9.97 Å². The fourth-order valence-electron chi connectivity index (χ4n) is 3.05. The first kappa shape index (κ1) is 21.8. The van der Waals surface area contributed by atoms with E-state index in [0.717, 1.165) is 12.2 Å². The van der Waals surface area contributed by atoms with Gasteiger partial charge in [-0.15, -0.1) is 0 Å². The number of nitrogens with one attached hydrogen (secondary N) is 2. The summed E-state index contributed by atoms with van der Waals surface area (Å²) in [6.45, 7) is 0.687. The highest BCUT2D eigenvalue weighted by Crippen LogP contribution is 2.40. The molecule has 9 heteroatoms. The van der Waals surface area contributed by atoms with Crippen molar-refractivity contribution in [3.05, 3.63) is 48.0 Å². The summed E-state index contributed by atoms with van der Waals surface area (Å²) in [6.07, 6.45) is 0.823. The maximum atomic E-state index is 5.90. The standard InChI is InChI=1S/C22H27N5O4/c1-28-16-7-5-14(6-8-16)9-10-24-19-13-20(27-22(23)26-19)25-15-11-17(29-2)21(31-4)18(12-15)30-3/h5-8,11-13H,9-10H2,1-4H3,(H4,23,24,25,26,27). The predicted octanol–water partition coefficient (Wildman–Crippen LogP) is 3.49. The number of nitrogens with two attached hydrogens (primary N) is 1. The number of hydrogen-bond donors (Lipinski definition) is 3. The van der Waals surface area contributed by atoms with Crippen LogP contribution in [0, 0.1) is 0 Å². The summed E-state index contributed by atoms with van der Waals surface area (Å²) in [6, 6.07) is 13.3. The molecule has 2 aromatic carbocycles. The molecule has 0 aliphatic heterocycles. The smallest absolute Gasteiger partial charge is 0.223 e. The van der Waals surface area contributed by atoms with Gasteiger partial charge in [-0.05, 0) is 24.1 Å². The molecule has 31 heavy (non-hydrogen) atoms. The second kappa shape index (κ2) is 10.2. The van der Waals surface area contributed by atoms with E-state index in [4.69, 9.17) is 24.7 Å². The number of aromatic nitrogens is 2. The van der Waals surface area contributed by atoms with Gasteiger partial charge in [-0.1, -0.05) is 12.1 Å². The van der Waals surface area contributed by atoms with Crippen molar-refractivity contribution in [3.8, 4) is 23.0 Å². The van der Waals surface area contributed by atoms with E-state index < -0.39 is 0 Å². The number of nitrogen functional groups attached to an aromatic ring is 1. The maximum absolute atomic E-state index is 5.90. The molecule has 0 spiro atoms. The summed E-state index contributed by atoms with van der Waals surface area (Å²) in [5.74, 6) is 3.73. The van der Waals surface area contributed by atoms with Crippen LogP contribution >= 0.6 is 0 Å². The van der Waals surface area contributed by atoms with E-state index in [0.29, 0.717) is 41.1 Å². The first-order chi connectivity index (χ1) is 15.1. The Labute approximate surface area is 181 Å². The number of hydrogen-bond acceptors (Lipinski definition) is 9. The number of methoxy groups -OCH3 is 4. The number of ether oxygens (including phenoxy) is 4. The monoisotopic (exact) mass is 425 g/mol. The summed E-state index contributed by atoms with van der Waals surface area (Å²) in [7, 11) is 6.34. The van der Waals surface area contributed by atoms with Gasteiger partial charge < -0.3 is 35.3 Å². The predicted molar refractivity (Wildman–Crippen MR) is 121 cm³/mol. The van der Waals surface area contributed by atoms with Gasteiger partial charge >= 0.3 is 0 Å². The molecule has 3 aromatic rings. The summed E-state index contributed by atoms with van der Waals surface area (Å²) < 4.78 is 21.3. The maximum Gasteiger partial charge on any atom is 0.223 e. The van der Waals surface area contributed by atoms with Crippen molar-refractivity contribution in [2.45, 2.75) is 6.42 Å². The molecule has 0 fully saturated rings. The summed E-state index contributed by atoms with van der Waals surface area (Å²) in [4.78, 5) is 8.51. The Bertz CT molecular complexity index is 986. The Morgan fingerprint density at radius 2 is 1.45 bits per heavy atom. The van der Waals surface area contributed by atoms with Crippen LogP contribution in [0.2, 0.25) is 0 Å². The van der Waals surface area contributed by atoms with E-state index in [-0.39, 0.29) is 5.95 Å². The molecular weight excluding hydrogens is 398 g/mol. The highest BCUT2D eigenvalue weighted by Gasteiger charge is 2.14. The fraction of sp³-hybridized carbons (Fsp3) is 0.273. The minimum Gasteiger partial charge on any atom is -0.497 e. The van der Waals surface area contributed by atoms with E-state index >= 15 is 0 Å². The van der Waals surface area contributed by atoms with Gasteiger partial charge in [0.2, 0.25) is 11.7 Å². The largest absolute Gasteiger partial charge is 0.497 e. The molecule has 0 amide bonds. The Kier molecular flexibility index (Phi) is 7.21. The Hall–Kier alpha value is -3.88. The van der Waals surface area contributed by atoms with Crippen LogP contribution in [-0.2, 0) is 6.42 Å². The molecule has 1 heterocycles. The lowest BCUT2D eigenvalue weighted by Crippen LogP contribution is -2.09. The SMILES string of the molecule is COc1ccc(CCNc2cc(Nc3cc(OC)c(OC)c(OC)c3)nc(N)n2)cc1. The minimum absolute atomic E-state index is 0.157. The topological polar surface area (TPSA) is 113 Å². The van der Waals surface area contributed by atoms with E-state index in [9.17, 15) is 0 Å². The minimum atomic E-state index is 0.157. The average Bonchev–Trinajstić information content (AvgIpc) is 2.78. The van der Waals surface area contributed by atoms with Crippen LogP contribution in [0.15, 0.2) is 42.5 Å². The van der Waals surface area contributed by atoms with Gasteiger partial charge in [0.05, 0.1) is 28.4 Å². The fourth-order valence-corrected chi connectivity index (χ4v) is 3.05. The van der Waals surface area contributed by atoms with Crippen LogP contribution in [0.1, 0.15) is 5.56 Å². The Morgan fingerprint density at radius 3 is 2.03 bits per heavy atom. The summed E-state index contributed by atoms with van der Waals surface area (Å²) in [5, 5.41) is 6.49. The zero-order valence-corrected chi connectivity index (χ0v) is 18.1. The quantitative estimate of drug-likeness (QED) is 0.449. The molecule has 9 nitrogen and oxygen atoms in total. The van der Waals surface area contributed by atoms with Crippen molar-refractivity contribution >= 4 is 23.3 Å². The molecule has 164 valence electrons. The highest BCUT2D eigenvalue weighted by atomic mass is 16.5. The van der Waals surface area contributed by atoms with Crippen LogP contribution in [-0.4, -0.2) is 45.0 Å². The molecule has 0 saturated carbocycles. The second-order valence-corrected chi connectivity index (χ2v) is 6.56. The lowest BCUT2D eigenvalue weighted by Gasteiger charge is -2.15. The van der Waals surface area contributed by atoms with E-state index in [1.54, 1.807) is 46.6 Å². The Balaban J connectivity index is 1.70. The zero-order valence-electron chi connectivity index (χ0n) is 18.1. The molecule has 0 aliphatic carbocycles. The van der Waals surface area contributed by atoms with Crippen molar-refractivity contribution in [2.75, 3.05) is 51.4 Å². The van der Waals surface area contributed by atoms with E-state index in [2.05, 4.69) is 20.6 Å². The molecule has 1 aromatic heterocycles. The third-order valence-electron chi connectivity index (χ3n) is 4.56. The average molecular weight is 425 g/mol. The van der Waals surface area contributed by atoms with Crippen LogP contribution < -0.4 is 35.3 Å². The van der Waals surface area contributed by atoms with Crippen LogP contribution in [0.25, 0.3) is 0 Å². The summed E-state index contributed by atoms with van der Waals surface area (Å²) in [5.41, 5.74) is 7.79. The first-order valence-electron chi connectivity index (χ1n) is 9.64.